The molecule has 4 aromatic rings. The quantitative estimate of drug-likeness (QED) is 0.116. The van der Waals surface area contributed by atoms with E-state index < -0.39 is 29.6 Å². The highest BCUT2D eigenvalue weighted by atomic mass is 35.5. The number of hydrogen-bond acceptors (Lipinski definition) is 11. The molecule has 1 fully saturated rings. The van der Waals surface area contributed by atoms with Crippen molar-refractivity contribution in [2.75, 3.05) is 46.9 Å². The molecule has 1 aromatic heterocycles. The zero-order valence-electron chi connectivity index (χ0n) is 29.3. The smallest absolute Gasteiger partial charge is 0.338 e. The molecular formula is C39H35ClFN7O6. The molecule has 54 heavy (non-hydrogen) atoms. The van der Waals surface area contributed by atoms with Gasteiger partial charge < -0.3 is 25.0 Å². The van der Waals surface area contributed by atoms with Crippen LogP contribution in [0.1, 0.15) is 33.2 Å². The van der Waals surface area contributed by atoms with Gasteiger partial charge >= 0.3 is 5.97 Å². The van der Waals surface area contributed by atoms with Crippen molar-refractivity contribution in [3.8, 4) is 5.75 Å². The molecule has 2 aliphatic rings. The Morgan fingerprint density at radius 2 is 1.74 bits per heavy atom. The molecular weight excluding hydrogens is 717 g/mol. The van der Waals surface area contributed by atoms with Gasteiger partial charge in [-0.2, -0.15) is 0 Å². The number of hydrogen-bond donors (Lipinski definition) is 2. The van der Waals surface area contributed by atoms with Crippen LogP contribution in [0.25, 0.3) is 6.08 Å². The second-order valence-corrected chi connectivity index (χ2v) is 12.6. The largest absolute Gasteiger partial charge is 0.496 e. The number of methoxy groups -OCH3 is 2. The molecule has 0 bridgehead atoms. The molecule has 0 radical (unpaired) electrons. The lowest BCUT2D eigenvalue weighted by Gasteiger charge is -2.37. The lowest BCUT2D eigenvalue weighted by Crippen LogP contribution is -2.52. The summed E-state index contributed by atoms with van der Waals surface area (Å²) >= 11 is 6.51. The van der Waals surface area contributed by atoms with Crippen LogP contribution in [0.15, 0.2) is 118 Å². The van der Waals surface area contributed by atoms with Crippen LogP contribution in [-0.4, -0.2) is 85.3 Å². The summed E-state index contributed by atoms with van der Waals surface area (Å²) in [5.74, 6) is -1.25. The number of para-hydroxylation sites is 1. The van der Waals surface area contributed by atoms with Crippen LogP contribution in [0.5, 0.6) is 5.75 Å². The molecule has 1 unspecified atom stereocenters. The second kappa shape index (κ2) is 17.1. The number of amides is 2. The minimum atomic E-state index is -0.932. The Morgan fingerprint density at radius 1 is 1.00 bits per heavy atom. The fourth-order valence-corrected chi connectivity index (χ4v) is 6.39. The van der Waals surface area contributed by atoms with E-state index in [1.165, 1.54) is 56.7 Å². The Bertz CT molecular complexity index is 2150. The van der Waals surface area contributed by atoms with E-state index in [0.717, 1.165) is 0 Å². The van der Waals surface area contributed by atoms with Gasteiger partial charge in [-0.3, -0.25) is 24.5 Å². The molecule has 2 aliphatic heterocycles. The van der Waals surface area contributed by atoms with Gasteiger partial charge in [0, 0.05) is 66.3 Å². The number of nitroso groups, excluding NO2 is 1. The van der Waals surface area contributed by atoms with Gasteiger partial charge in [0.2, 0.25) is 0 Å². The number of aromatic nitrogens is 1. The third-order valence-corrected chi connectivity index (χ3v) is 9.22. The SMILES string of the molecule is COC(=O)C1=C(CN2CCN(C(=O)/C(=C/c3ccccc3OC)NC(=O)c3ccc(N=O)cc3)CC2)NC(c2ccccn2)=NC1c1ccc(F)cc1Cl. The summed E-state index contributed by atoms with van der Waals surface area (Å²) in [6, 6.07) is 21.1. The number of nitrogens with one attached hydrogen (secondary N) is 2. The van der Waals surface area contributed by atoms with Crippen LogP contribution in [0.2, 0.25) is 5.02 Å². The van der Waals surface area contributed by atoms with Gasteiger partial charge in [-0.05, 0) is 65.9 Å². The van der Waals surface area contributed by atoms with Gasteiger partial charge in [0.1, 0.15) is 34.7 Å². The Balaban J connectivity index is 1.25. The van der Waals surface area contributed by atoms with Crippen molar-refractivity contribution < 1.29 is 28.2 Å². The van der Waals surface area contributed by atoms with Crippen LogP contribution in [-0.2, 0) is 14.3 Å². The van der Waals surface area contributed by atoms with Gasteiger partial charge in [0.05, 0.1) is 19.8 Å². The van der Waals surface area contributed by atoms with Gasteiger partial charge in [0.15, 0.2) is 5.84 Å². The Labute approximate surface area is 315 Å². The van der Waals surface area contributed by atoms with E-state index in [1.807, 2.05) is 6.07 Å². The van der Waals surface area contributed by atoms with Crippen LogP contribution >= 0.6 is 11.6 Å². The molecule has 0 saturated carbocycles. The van der Waals surface area contributed by atoms with Crippen LogP contribution in [0.4, 0.5) is 10.1 Å². The molecule has 0 spiro atoms. The Kier molecular flexibility index (Phi) is 11.8. The van der Waals surface area contributed by atoms with E-state index in [2.05, 4.69) is 25.7 Å². The van der Waals surface area contributed by atoms with Crippen LogP contribution in [0.3, 0.4) is 0 Å². The summed E-state index contributed by atoms with van der Waals surface area (Å²) < 4.78 is 24.8. The zero-order valence-corrected chi connectivity index (χ0v) is 30.0. The van der Waals surface area contributed by atoms with Gasteiger partial charge in [-0.25, -0.2) is 9.18 Å². The molecule has 6 rings (SSSR count). The number of carbonyl (C=O) groups excluding carboxylic acids is 3. The molecule has 2 N–H and O–H groups in total. The number of nitrogens with zero attached hydrogens (tertiary/aromatic N) is 5. The first-order chi connectivity index (χ1) is 26.2. The Hall–Kier alpha value is -6.25. The summed E-state index contributed by atoms with van der Waals surface area (Å²) in [5, 5.41) is 9.00. The topological polar surface area (TPSA) is 155 Å². The second-order valence-electron chi connectivity index (χ2n) is 12.2. The minimum Gasteiger partial charge on any atom is -0.496 e. The summed E-state index contributed by atoms with van der Waals surface area (Å²) in [7, 11) is 2.78. The van der Waals surface area contributed by atoms with Crippen molar-refractivity contribution in [2.45, 2.75) is 6.04 Å². The summed E-state index contributed by atoms with van der Waals surface area (Å²) in [5.41, 5.74) is 2.62. The maximum Gasteiger partial charge on any atom is 0.338 e. The number of ether oxygens (including phenoxy) is 2. The normalized spacial score (nSPS) is 16.2. The van der Waals surface area contributed by atoms with Crippen molar-refractivity contribution >= 4 is 47.0 Å². The number of piperazine rings is 1. The highest BCUT2D eigenvalue weighted by Gasteiger charge is 2.35. The van der Waals surface area contributed by atoms with Crippen LogP contribution < -0.4 is 15.4 Å². The van der Waals surface area contributed by atoms with E-state index in [0.29, 0.717) is 47.2 Å². The average molecular weight is 752 g/mol. The summed E-state index contributed by atoms with van der Waals surface area (Å²) in [6.07, 6.45) is 3.18. The number of aliphatic imine (C=N–C) groups is 1. The standard InChI is InChI=1S/C39H35ClFN7O6/c1-53-33-9-4-3-7-25(33)21-31(44-37(49)24-10-13-27(46-52)14-11-24)38(50)48-19-17-47(18-20-48)23-32-34(39(51)54-2)35(28-15-12-26(41)22-29(28)40)45-36(43-32)30-8-5-6-16-42-30/h3-16,21-22,35H,17-20,23H2,1-2H3,(H,43,45)(H,44,49)/b31-21-. The van der Waals surface area contributed by atoms with E-state index in [4.69, 9.17) is 26.1 Å². The number of rotatable bonds is 11. The summed E-state index contributed by atoms with van der Waals surface area (Å²) in [4.78, 5) is 64.6. The first kappa shape index (κ1) is 37.5. The van der Waals surface area contributed by atoms with Gasteiger partial charge in [-0.15, -0.1) is 4.91 Å². The molecule has 3 aromatic carbocycles. The van der Waals surface area contributed by atoms with E-state index in [1.54, 1.807) is 53.6 Å². The zero-order chi connectivity index (χ0) is 38.2. The summed E-state index contributed by atoms with van der Waals surface area (Å²) in [6.45, 7) is 1.61. The van der Waals surface area contributed by atoms with Gasteiger partial charge in [0.25, 0.3) is 11.8 Å². The molecule has 0 aliphatic carbocycles. The number of pyridine rings is 1. The predicted octanol–water partition coefficient (Wildman–Crippen LogP) is 5.41. The predicted molar refractivity (Wildman–Crippen MR) is 200 cm³/mol. The molecule has 2 amide bonds. The number of benzene rings is 3. The monoisotopic (exact) mass is 751 g/mol. The molecule has 13 nitrogen and oxygen atoms in total. The fourth-order valence-electron chi connectivity index (χ4n) is 6.12. The Morgan fingerprint density at radius 3 is 2.41 bits per heavy atom. The van der Waals surface area contributed by atoms with Crippen molar-refractivity contribution in [3.05, 3.63) is 146 Å². The van der Waals surface area contributed by atoms with Crippen molar-refractivity contribution in [1.82, 2.24) is 25.4 Å². The van der Waals surface area contributed by atoms with Crippen LogP contribution in [0, 0.1) is 10.7 Å². The molecule has 276 valence electrons. The van der Waals surface area contributed by atoms with Crippen molar-refractivity contribution in [3.63, 3.8) is 0 Å². The molecule has 3 heterocycles. The maximum absolute atomic E-state index is 14.1. The number of halogens is 2. The van der Waals surface area contributed by atoms with E-state index in [9.17, 15) is 23.7 Å². The number of esters is 1. The number of carbonyl (C=O) groups is 3. The minimum absolute atomic E-state index is 0.0235. The third kappa shape index (κ3) is 8.51. The third-order valence-electron chi connectivity index (χ3n) is 8.89. The average Bonchev–Trinajstić information content (AvgIpc) is 3.20. The van der Waals surface area contributed by atoms with Crippen molar-refractivity contribution in [1.29, 1.82) is 0 Å². The first-order valence-corrected chi connectivity index (χ1v) is 17.2. The number of amidine groups is 1. The molecule has 1 atom stereocenters. The fraction of sp³-hybridized carbons (Fsp3) is 0.205. The van der Waals surface area contributed by atoms with E-state index >= 15 is 0 Å². The van der Waals surface area contributed by atoms with E-state index in [-0.39, 0.29) is 47.2 Å². The first-order valence-electron chi connectivity index (χ1n) is 16.8. The molecule has 15 heteroatoms. The highest BCUT2D eigenvalue weighted by molar-refractivity contribution is 6.31. The lowest BCUT2D eigenvalue weighted by atomic mass is 9.94. The maximum atomic E-state index is 14.1. The highest BCUT2D eigenvalue weighted by Crippen LogP contribution is 2.36. The molecule has 1 saturated heterocycles. The van der Waals surface area contributed by atoms with Gasteiger partial charge in [-0.1, -0.05) is 41.9 Å². The lowest BCUT2D eigenvalue weighted by molar-refractivity contribution is -0.136. The van der Waals surface area contributed by atoms with Crippen molar-refractivity contribution in [2.24, 2.45) is 10.2 Å².